The van der Waals surface area contributed by atoms with E-state index >= 15 is 0 Å². The molecular formula is C35H70O7P-. The molecule has 0 bridgehead atoms. The maximum atomic E-state index is 12.2. The fourth-order valence-electron chi connectivity index (χ4n) is 5.41. The lowest BCUT2D eigenvalue weighted by atomic mass is 10.0. The van der Waals surface area contributed by atoms with E-state index in [4.69, 9.17) is 14.4 Å². The lowest BCUT2D eigenvalue weighted by molar-refractivity contribution is -0.222. The summed E-state index contributed by atoms with van der Waals surface area (Å²) < 4.78 is 26.6. The lowest BCUT2D eigenvalue weighted by Crippen LogP contribution is -2.28. The molecule has 43 heavy (non-hydrogen) atoms. The van der Waals surface area contributed by atoms with E-state index in [9.17, 15) is 14.3 Å². The number of hydrogen-bond acceptors (Lipinski definition) is 6. The standard InChI is InChI=1S/C35H71O7P/c1-3-5-7-9-11-13-15-17-19-21-23-25-27-29-31-40-34(33-42-43(37,38)39)32-41-35(36)30-28-26-24-22-20-18-16-14-12-10-8-6-4-2/h34H,3-33H2,1-2H3,(H2,37,38,39)/p-1/t34-/m1/s1. The van der Waals surface area contributed by atoms with Gasteiger partial charge in [-0.3, -0.25) is 9.36 Å². The molecule has 0 aromatic heterocycles. The first kappa shape index (κ1) is 42.5. The third-order valence-electron chi connectivity index (χ3n) is 8.19. The number of hydrogen-bond donors (Lipinski definition) is 1. The Morgan fingerprint density at radius 1 is 0.581 bits per heavy atom. The zero-order chi connectivity index (χ0) is 31.7. The summed E-state index contributed by atoms with van der Waals surface area (Å²) in [5, 5.41) is 0. The molecule has 1 unspecified atom stereocenters. The molecule has 0 spiro atoms. The molecule has 0 saturated heterocycles. The summed E-state index contributed by atoms with van der Waals surface area (Å²) in [6, 6.07) is 0. The van der Waals surface area contributed by atoms with Gasteiger partial charge >= 0.3 is 5.97 Å². The smallest absolute Gasteiger partial charge is 0.305 e. The molecule has 0 saturated carbocycles. The first-order chi connectivity index (χ1) is 20.9. The van der Waals surface area contributed by atoms with Gasteiger partial charge in [-0.15, -0.1) is 0 Å². The molecule has 0 amide bonds. The highest BCUT2D eigenvalue weighted by atomic mass is 31.2. The number of rotatable bonds is 35. The molecule has 0 rings (SSSR count). The Balaban J connectivity index is 3.79. The van der Waals surface area contributed by atoms with E-state index in [-0.39, 0.29) is 19.2 Å². The maximum absolute atomic E-state index is 12.2. The molecule has 0 radical (unpaired) electrons. The van der Waals surface area contributed by atoms with Crippen LogP contribution in [0.2, 0.25) is 0 Å². The monoisotopic (exact) mass is 633 g/mol. The van der Waals surface area contributed by atoms with Crippen LogP contribution in [0, 0.1) is 0 Å². The molecule has 0 aliphatic rings. The first-order valence-electron chi connectivity index (χ1n) is 18.3. The highest BCUT2D eigenvalue weighted by molar-refractivity contribution is 7.44. The van der Waals surface area contributed by atoms with Crippen LogP contribution in [0.15, 0.2) is 0 Å². The summed E-state index contributed by atoms with van der Waals surface area (Å²) in [6.07, 6.45) is 33.7. The average molecular weight is 634 g/mol. The third-order valence-corrected chi connectivity index (χ3v) is 8.67. The predicted octanol–water partition coefficient (Wildman–Crippen LogP) is 10.4. The van der Waals surface area contributed by atoms with Crippen molar-refractivity contribution in [2.24, 2.45) is 0 Å². The Labute approximate surface area is 266 Å². The second-order valence-corrected chi connectivity index (χ2v) is 13.7. The van der Waals surface area contributed by atoms with Crippen LogP contribution in [0.25, 0.3) is 0 Å². The van der Waals surface area contributed by atoms with Crippen molar-refractivity contribution < 1.29 is 33.1 Å². The van der Waals surface area contributed by atoms with Crippen LogP contribution >= 0.6 is 7.82 Å². The van der Waals surface area contributed by atoms with Crippen LogP contribution in [-0.4, -0.2) is 36.8 Å². The van der Waals surface area contributed by atoms with Gasteiger partial charge in [0.25, 0.3) is 7.82 Å². The fraction of sp³-hybridized carbons (Fsp3) is 0.971. The SMILES string of the molecule is CCCCCCCCCCCCCCCCO[C@H](COC(=O)CCCCCCCCCCCCCCC)COP(=O)([O-])O. The lowest BCUT2D eigenvalue weighted by Gasteiger charge is -2.22. The number of carbonyl (C=O) groups is 1. The zero-order valence-electron chi connectivity index (χ0n) is 28.3. The van der Waals surface area contributed by atoms with Crippen molar-refractivity contribution in [1.82, 2.24) is 0 Å². The van der Waals surface area contributed by atoms with Gasteiger partial charge in [-0.1, -0.05) is 174 Å². The van der Waals surface area contributed by atoms with Gasteiger partial charge in [-0.2, -0.15) is 0 Å². The van der Waals surface area contributed by atoms with Crippen molar-refractivity contribution >= 4 is 13.8 Å². The zero-order valence-corrected chi connectivity index (χ0v) is 29.2. The first-order valence-corrected chi connectivity index (χ1v) is 19.8. The molecule has 2 atom stereocenters. The summed E-state index contributed by atoms with van der Waals surface area (Å²) >= 11 is 0. The van der Waals surface area contributed by atoms with E-state index in [0.717, 1.165) is 38.5 Å². The summed E-state index contributed by atoms with van der Waals surface area (Å²) in [4.78, 5) is 32.2. The van der Waals surface area contributed by atoms with Gasteiger partial charge in [-0.05, 0) is 12.8 Å². The Morgan fingerprint density at radius 3 is 1.30 bits per heavy atom. The van der Waals surface area contributed by atoms with Crippen molar-refractivity contribution in [2.45, 2.75) is 200 Å². The molecule has 8 heteroatoms. The summed E-state index contributed by atoms with van der Waals surface area (Å²) in [5.41, 5.74) is 0. The molecular weight excluding hydrogens is 563 g/mol. The van der Waals surface area contributed by atoms with Crippen molar-refractivity contribution in [1.29, 1.82) is 0 Å². The van der Waals surface area contributed by atoms with Gasteiger partial charge in [0.05, 0.1) is 6.61 Å². The molecule has 1 N–H and O–H groups in total. The molecule has 0 fully saturated rings. The van der Waals surface area contributed by atoms with Crippen molar-refractivity contribution in [3.05, 3.63) is 0 Å². The number of ether oxygens (including phenoxy) is 2. The van der Waals surface area contributed by atoms with E-state index in [2.05, 4.69) is 18.4 Å². The Morgan fingerprint density at radius 2 is 0.930 bits per heavy atom. The van der Waals surface area contributed by atoms with Gasteiger partial charge in [0, 0.05) is 13.0 Å². The van der Waals surface area contributed by atoms with E-state index in [1.165, 1.54) is 135 Å². The van der Waals surface area contributed by atoms with Crippen LogP contribution in [0.1, 0.15) is 194 Å². The Hall–Kier alpha value is -0.460. The van der Waals surface area contributed by atoms with Crippen molar-refractivity contribution in [3.8, 4) is 0 Å². The van der Waals surface area contributed by atoms with Gasteiger partial charge in [-0.25, -0.2) is 0 Å². The van der Waals surface area contributed by atoms with Crippen LogP contribution < -0.4 is 4.89 Å². The fourth-order valence-corrected chi connectivity index (χ4v) is 5.77. The number of carbonyl (C=O) groups excluding carboxylic acids is 1. The molecule has 0 heterocycles. The van der Waals surface area contributed by atoms with E-state index in [1.54, 1.807) is 0 Å². The Kier molecular flexibility index (Phi) is 32.6. The minimum absolute atomic E-state index is 0.0735. The number of phosphoric acid groups is 1. The summed E-state index contributed by atoms with van der Waals surface area (Å²) in [7, 11) is -4.86. The maximum Gasteiger partial charge on any atom is 0.305 e. The molecule has 0 aromatic rings. The predicted molar refractivity (Wildman–Crippen MR) is 177 cm³/mol. The van der Waals surface area contributed by atoms with Gasteiger partial charge in [0.15, 0.2) is 0 Å². The van der Waals surface area contributed by atoms with E-state index in [1.807, 2.05) is 0 Å². The normalized spacial score (nSPS) is 13.7. The Bertz CT molecular complexity index is 625. The topological polar surface area (TPSA) is 105 Å². The molecule has 258 valence electrons. The third kappa shape index (κ3) is 35.9. The van der Waals surface area contributed by atoms with Crippen molar-refractivity contribution in [3.63, 3.8) is 0 Å². The second-order valence-electron chi connectivity index (χ2n) is 12.5. The number of esters is 1. The quantitative estimate of drug-likeness (QED) is 0.0420. The largest absolute Gasteiger partial charge is 0.756 e. The van der Waals surface area contributed by atoms with Gasteiger partial charge in [0.1, 0.15) is 12.7 Å². The molecule has 0 aliphatic heterocycles. The van der Waals surface area contributed by atoms with Crippen molar-refractivity contribution in [2.75, 3.05) is 19.8 Å². The average Bonchev–Trinajstić information content (AvgIpc) is 2.98. The minimum atomic E-state index is -4.86. The molecule has 0 aromatic carbocycles. The van der Waals surface area contributed by atoms with Gasteiger partial charge in [0.2, 0.25) is 0 Å². The number of unbranched alkanes of at least 4 members (excludes halogenated alkanes) is 25. The summed E-state index contributed by atoms with van der Waals surface area (Å²) in [6.45, 7) is 4.52. The van der Waals surface area contributed by atoms with Crippen LogP contribution in [0.5, 0.6) is 0 Å². The molecule has 0 aliphatic carbocycles. The number of phosphoric ester groups is 1. The van der Waals surface area contributed by atoms with Crippen LogP contribution in [0.4, 0.5) is 0 Å². The summed E-state index contributed by atoms with van der Waals surface area (Å²) in [5.74, 6) is -0.303. The van der Waals surface area contributed by atoms with Crippen LogP contribution in [0.3, 0.4) is 0 Å². The highest BCUT2D eigenvalue weighted by Gasteiger charge is 2.16. The van der Waals surface area contributed by atoms with Gasteiger partial charge < -0.3 is 23.8 Å². The van der Waals surface area contributed by atoms with E-state index < -0.39 is 13.9 Å². The molecule has 7 nitrogen and oxygen atoms in total. The van der Waals surface area contributed by atoms with Crippen LogP contribution in [-0.2, 0) is 23.4 Å². The van der Waals surface area contributed by atoms with E-state index in [0.29, 0.717) is 13.0 Å². The minimum Gasteiger partial charge on any atom is -0.756 e. The second kappa shape index (κ2) is 32.9. The highest BCUT2D eigenvalue weighted by Crippen LogP contribution is 2.30.